The zero-order valence-electron chi connectivity index (χ0n) is 23.6. The van der Waals surface area contributed by atoms with Crippen LogP contribution >= 0.6 is 0 Å². The summed E-state index contributed by atoms with van der Waals surface area (Å²) in [4.78, 5) is 61.2. The van der Waals surface area contributed by atoms with Crippen LogP contribution in [0.4, 0.5) is 5.82 Å². The summed E-state index contributed by atoms with van der Waals surface area (Å²) in [6.45, 7) is 3.17. The molecule has 4 aliphatic heterocycles. The molecule has 2 atom stereocenters. The second-order valence-electron chi connectivity index (χ2n) is 11.9. The number of imide groups is 1. The first-order chi connectivity index (χ1) is 20.0. The zero-order valence-corrected chi connectivity index (χ0v) is 23.6. The molecule has 9 nitrogen and oxygen atoms in total. The second-order valence-corrected chi connectivity index (χ2v) is 11.9. The van der Waals surface area contributed by atoms with Gasteiger partial charge in [0.05, 0.1) is 0 Å². The lowest BCUT2D eigenvalue weighted by molar-refractivity contribution is -0.136. The number of pyridine rings is 1. The number of benzene rings is 1. The number of nitrogens with zero attached hydrogens (tertiary/aromatic N) is 4. The van der Waals surface area contributed by atoms with Crippen LogP contribution in [0, 0.1) is 0 Å². The Balaban J connectivity index is 1.06. The van der Waals surface area contributed by atoms with Crippen LogP contribution in [0.5, 0.6) is 0 Å². The Labute approximate surface area is 241 Å². The second kappa shape index (κ2) is 12.0. The molecule has 1 aromatic heterocycles. The Bertz CT molecular complexity index is 1340. The topological polar surface area (TPSA) is 103 Å². The van der Waals surface area contributed by atoms with E-state index < -0.39 is 6.04 Å². The number of aromatic nitrogens is 1. The quantitative estimate of drug-likeness (QED) is 0.519. The summed E-state index contributed by atoms with van der Waals surface area (Å²) >= 11 is 0. The van der Waals surface area contributed by atoms with Crippen LogP contribution in [0.1, 0.15) is 96.2 Å². The van der Waals surface area contributed by atoms with Gasteiger partial charge < -0.3 is 14.7 Å². The summed E-state index contributed by atoms with van der Waals surface area (Å²) < 4.78 is 0. The first-order valence-electron chi connectivity index (χ1n) is 15.3. The lowest BCUT2D eigenvalue weighted by atomic mass is 9.95. The highest BCUT2D eigenvalue weighted by atomic mass is 16.2. The van der Waals surface area contributed by atoms with E-state index in [4.69, 9.17) is 4.98 Å². The van der Waals surface area contributed by atoms with Gasteiger partial charge in [0.25, 0.3) is 11.8 Å². The number of carbonyl (C=O) groups is 4. The van der Waals surface area contributed by atoms with Crippen molar-refractivity contribution in [2.45, 2.75) is 89.3 Å². The van der Waals surface area contributed by atoms with E-state index in [1.807, 2.05) is 35.2 Å². The van der Waals surface area contributed by atoms with E-state index in [0.29, 0.717) is 24.2 Å². The molecule has 9 heteroatoms. The van der Waals surface area contributed by atoms with Gasteiger partial charge in [-0.05, 0) is 93.5 Å². The van der Waals surface area contributed by atoms with Crippen molar-refractivity contribution in [2.24, 2.45) is 0 Å². The number of hydrogen-bond acceptors (Lipinski definition) is 6. The Hall–Kier alpha value is -3.75. The summed E-state index contributed by atoms with van der Waals surface area (Å²) in [6, 6.07) is 11.4. The molecule has 0 radical (unpaired) electrons. The molecular weight excluding hydrogens is 518 g/mol. The van der Waals surface area contributed by atoms with Crippen LogP contribution in [0.25, 0.3) is 0 Å². The third kappa shape index (κ3) is 5.85. The predicted molar refractivity (Wildman–Crippen MR) is 154 cm³/mol. The molecule has 2 aromatic rings. The Morgan fingerprint density at radius 2 is 1.78 bits per heavy atom. The predicted octanol–water partition coefficient (Wildman–Crippen LogP) is 3.85. The monoisotopic (exact) mass is 557 g/mol. The maximum absolute atomic E-state index is 13.6. The number of amides is 4. The first-order valence-corrected chi connectivity index (χ1v) is 15.3. The number of nitrogens with one attached hydrogen (secondary N) is 1. The number of piperidine rings is 3. The van der Waals surface area contributed by atoms with Crippen LogP contribution in [0.2, 0.25) is 0 Å². The standard InChI is InChI=1S/C32H39N5O4/c38-29-16-15-27(30(39)34-29)37-21-23-20-22(13-14-25(23)31(37)40)8-6-10-24-9-2-5-19-36(24)32(41)26-11-7-12-28(33-26)35-17-3-1-4-18-35/h7,11-14,20,24,27H,1-6,8-10,15-19,21H2,(H,34,38,39)/t24-,27?/m0/s1. The number of likely N-dealkylation sites (tertiary alicyclic amines) is 1. The molecule has 216 valence electrons. The Morgan fingerprint density at radius 1 is 0.951 bits per heavy atom. The van der Waals surface area contributed by atoms with Crippen molar-refractivity contribution in [3.05, 3.63) is 58.8 Å². The average molecular weight is 558 g/mol. The van der Waals surface area contributed by atoms with Gasteiger partial charge in [0, 0.05) is 44.2 Å². The molecule has 1 aromatic carbocycles. The third-order valence-corrected chi connectivity index (χ3v) is 9.11. The molecule has 0 spiro atoms. The largest absolute Gasteiger partial charge is 0.357 e. The molecule has 4 aliphatic rings. The normalized spacial score (nSPS) is 23.0. The summed E-state index contributed by atoms with van der Waals surface area (Å²) in [7, 11) is 0. The minimum absolute atomic E-state index is 0.0399. The van der Waals surface area contributed by atoms with Crippen molar-refractivity contribution in [1.29, 1.82) is 0 Å². The summed E-state index contributed by atoms with van der Waals surface area (Å²) in [5.74, 6) is 0.143. The highest BCUT2D eigenvalue weighted by molar-refractivity contribution is 6.05. The van der Waals surface area contributed by atoms with Crippen LogP contribution in [0.3, 0.4) is 0 Å². The van der Waals surface area contributed by atoms with Crippen LogP contribution in [-0.2, 0) is 22.6 Å². The minimum Gasteiger partial charge on any atom is -0.357 e. The Kier molecular flexibility index (Phi) is 8.03. The maximum atomic E-state index is 13.6. The van der Waals surface area contributed by atoms with Crippen molar-refractivity contribution in [2.75, 3.05) is 24.5 Å². The zero-order chi connectivity index (χ0) is 28.3. The minimum atomic E-state index is -0.596. The summed E-state index contributed by atoms with van der Waals surface area (Å²) in [5.41, 5.74) is 3.28. The van der Waals surface area contributed by atoms with E-state index in [1.165, 1.54) is 19.3 Å². The average Bonchev–Trinajstić information content (AvgIpc) is 3.32. The lowest BCUT2D eigenvalue weighted by Crippen LogP contribution is -2.52. The molecule has 6 rings (SSSR count). The van der Waals surface area contributed by atoms with Gasteiger partial charge >= 0.3 is 0 Å². The third-order valence-electron chi connectivity index (χ3n) is 9.11. The van der Waals surface area contributed by atoms with Gasteiger partial charge in [0.1, 0.15) is 17.6 Å². The molecule has 3 fully saturated rings. The SMILES string of the molecule is O=C1CCC(N2Cc3cc(CCC[C@@H]4CCCCN4C(=O)c4cccc(N5CCCCC5)n4)ccc3C2=O)C(=O)N1. The van der Waals surface area contributed by atoms with Gasteiger partial charge in [-0.2, -0.15) is 0 Å². The van der Waals surface area contributed by atoms with Gasteiger partial charge in [0.15, 0.2) is 0 Å². The number of carbonyl (C=O) groups excluding carboxylic acids is 4. The van der Waals surface area contributed by atoms with Crippen molar-refractivity contribution in [3.8, 4) is 0 Å². The van der Waals surface area contributed by atoms with Crippen LogP contribution in [0.15, 0.2) is 36.4 Å². The molecule has 0 bridgehead atoms. The first kappa shape index (κ1) is 27.4. The molecule has 41 heavy (non-hydrogen) atoms. The molecular formula is C32H39N5O4. The van der Waals surface area contributed by atoms with Gasteiger partial charge in [-0.15, -0.1) is 0 Å². The van der Waals surface area contributed by atoms with E-state index in [9.17, 15) is 19.2 Å². The molecule has 1 unspecified atom stereocenters. The number of fused-ring (bicyclic) bond motifs is 1. The molecule has 1 N–H and O–H groups in total. The number of hydrogen-bond donors (Lipinski definition) is 1. The lowest BCUT2D eigenvalue weighted by Gasteiger charge is -2.36. The molecule has 0 saturated carbocycles. The van der Waals surface area contributed by atoms with Gasteiger partial charge in [-0.3, -0.25) is 24.5 Å². The van der Waals surface area contributed by atoms with Crippen molar-refractivity contribution < 1.29 is 19.2 Å². The summed E-state index contributed by atoms with van der Waals surface area (Å²) in [6.07, 6.45) is 10.1. The van der Waals surface area contributed by atoms with Gasteiger partial charge in [-0.1, -0.05) is 18.2 Å². The van der Waals surface area contributed by atoms with Gasteiger partial charge in [0.2, 0.25) is 11.8 Å². The maximum Gasteiger partial charge on any atom is 0.272 e. The molecule has 0 aliphatic carbocycles. The number of aryl methyl sites for hydroxylation is 1. The van der Waals surface area contributed by atoms with Gasteiger partial charge in [-0.25, -0.2) is 4.98 Å². The van der Waals surface area contributed by atoms with E-state index >= 15 is 0 Å². The van der Waals surface area contributed by atoms with E-state index in [2.05, 4.69) is 16.3 Å². The fourth-order valence-electron chi connectivity index (χ4n) is 6.88. The van der Waals surface area contributed by atoms with Crippen LogP contribution in [-0.4, -0.2) is 70.1 Å². The molecule has 3 saturated heterocycles. The highest BCUT2D eigenvalue weighted by Gasteiger charge is 2.39. The van der Waals surface area contributed by atoms with Crippen molar-refractivity contribution in [3.63, 3.8) is 0 Å². The highest BCUT2D eigenvalue weighted by Crippen LogP contribution is 2.29. The Morgan fingerprint density at radius 3 is 2.61 bits per heavy atom. The van der Waals surface area contributed by atoms with E-state index in [-0.39, 0.29) is 36.1 Å². The number of anilines is 1. The fourth-order valence-corrected chi connectivity index (χ4v) is 6.88. The fraction of sp³-hybridized carbons (Fsp3) is 0.531. The smallest absolute Gasteiger partial charge is 0.272 e. The van der Waals surface area contributed by atoms with Crippen molar-refractivity contribution in [1.82, 2.24) is 20.1 Å². The molecule has 4 amide bonds. The number of rotatable bonds is 7. The summed E-state index contributed by atoms with van der Waals surface area (Å²) in [5, 5.41) is 2.36. The van der Waals surface area contributed by atoms with E-state index in [1.54, 1.807) is 4.90 Å². The van der Waals surface area contributed by atoms with Crippen molar-refractivity contribution >= 4 is 29.4 Å². The van der Waals surface area contributed by atoms with Crippen LogP contribution < -0.4 is 10.2 Å². The van der Waals surface area contributed by atoms with E-state index in [0.717, 1.165) is 75.1 Å². The molecule has 5 heterocycles.